The van der Waals surface area contributed by atoms with Crippen LogP contribution in [0.15, 0.2) is 6.20 Å². The van der Waals surface area contributed by atoms with Crippen LogP contribution in [0.3, 0.4) is 0 Å². The van der Waals surface area contributed by atoms with E-state index in [1.165, 1.54) is 17.5 Å². The Morgan fingerprint density at radius 3 is 2.50 bits per heavy atom. The van der Waals surface area contributed by atoms with E-state index in [1.54, 1.807) is 13.8 Å². The molecule has 0 aliphatic carbocycles. The molecule has 1 N–H and O–H groups in total. The van der Waals surface area contributed by atoms with Crippen molar-refractivity contribution in [2.24, 2.45) is 0 Å². The quantitative estimate of drug-likeness (QED) is 0.919. The maximum absolute atomic E-state index is 12.2. The number of carbonyl (C=O) groups excluding carboxylic acids is 1. The van der Waals surface area contributed by atoms with E-state index in [4.69, 9.17) is 0 Å². The number of nitrogens with zero attached hydrogens (tertiary/aromatic N) is 4. The largest absolute Gasteiger partial charge is 0.296 e. The molecule has 0 fully saturated rings. The van der Waals surface area contributed by atoms with Crippen molar-refractivity contribution in [2.45, 2.75) is 40.0 Å². The van der Waals surface area contributed by atoms with Crippen LogP contribution in [-0.4, -0.2) is 26.1 Å². The molecule has 2 heterocycles. The third kappa shape index (κ3) is 3.16. The highest BCUT2D eigenvalue weighted by Crippen LogP contribution is 2.27. The summed E-state index contributed by atoms with van der Waals surface area (Å²) in [5.41, 5.74) is 1.02. The number of anilines is 1. The van der Waals surface area contributed by atoms with Crippen LogP contribution in [0.4, 0.5) is 5.13 Å². The smallest absolute Gasteiger partial charge is 0.260 e. The Hall–Kier alpha value is -1.89. The van der Waals surface area contributed by atoms with Crippen molar-refractivity contribution in [1.29, 1.82) is 0 Å². The predicted molar refractivity (Wildman–Crippen MR) is 78.1 cm³/mol. The molecule has 20 heavy (non-hydrogen) atoms. The lowest BCUT2D eigenvalue weighted by Gasteiger charge is -2.12. The first-order chi connectivity index (χ1) is 9.27. The van der Waals surface area contributed by atoms with Crippen molar-refractivity contribution >= 4 is 22.4 Å². The summed E-state index contributed by atoms with van der Waals surface area (Å²) in [6.07, 6.45) is 1.53. The zero-order chi connectivity index (χ0) is 14.9. The van der Waals surface area contributed by atoms with Crippen LogP contribution in [0.5, 0.6) is 0 Å². The van der Waals surface area contributed by atoms with E-state index in [2.05, 4.69) is 46.3 Å². The standard InChI is InChI=1S/C13H17N5OS/c1-7-9(6-14-8(2)15-7)10(19)16-12-18-17-11(20-12)13(3,4)5/h6H,1-5H3,(H,16,18,19). The van der Waals surface area contributed by atoms with Gasteiger partial charge in [-0.3, -0.25) is 10.1 Å². The normalized spacial score (nSPS) is 11.4. The number of amides is 1. The molecule has 0 saturated carbocycles. The van der Waals surface area contributed by atoms with Crippen LogP contribution >= 0.6 is 11.3 Å². The summed E-state index contributed by atoms with van der Waals surface area (Å²) in [5.74, 6) is 0.379. The summed E-state index contributed by atoms with van der Waals surface area (Å²) >= 11 is 1.38. The Balaban J connectivity index is 2.17. The Morgan fingerprint density at radius 1 is 1.25 bits per heavy atom. The molecule has 7 heteroatoms. The Morgan fingerprint density at radius 2 is 1.95 bits per heavy atom. The van der Waals surface area contributed by atoms with Gasteiger partial charge in [0.05, 0.1) is 11.3 Å². The highest BCUT2D eigenvalue weighted by Gasteiger charge is 2.20. The number of hydrogen-bond acceptors (Lipinski definition) is 6. The molecule has 0 aliphatic rings. The first-order valence-corrected chi connectivity index (χ1v) is 7.04. The molecule has 2 rings (SSSR count). The van der Waals surface area contributed by atoms with E-state index >= 15 is 0 Å². The number of carbonyl (C=O) groups is 1. The Labute approximate surface area is 121 Å². The second-order valence-corrected chi connectivity index (χ2v) is 6.51. The van der Waals surface area contributed by atoms with Gasteiger partial charge in [-0.1, -0.05) is 32.1 Å². The van der Waals surface area contributed by atoms with Gasteiger partial charge in [0.2, 0.25) is 5.13 Å². The molecular formula is C13H17N5OS. The molecule has 2 aromatic rings. The minimum atomic E-state index is -0.265. The number of aryl methyl sites for hydroxylation is 2. The minimum Gasteiger partial charge on any atom is -0.296 e. The average molecular weight is 291 g/mol. The highest BCUT2D eigenvalue weighted by atomic mass is 32.1. The molecule has 0 radical (unpaired) electrons. The van der Waals surface area contributed by atoms with Crippen molar-refractivity contribution < 1.29 is 4.79 Å². The molecule has 1 amide bonds. The minimum absolute atomic E-state index is 0.0798. The van der Waals surface area contributed by atoms with Crippen LogP contribution in [-0.2, 0) is 5.41 Å². The summed E-state index contributed by atoms with van der Waals surface area (Å²) < 4.78 is 0. The lowest BCUT2D eigenvalue weighted by Crippen LogP contribution is -2.15. The molecule has 0 aliphatic heterocycles. The molecule has 0 bridgehead atoms. The van der Waals surface area contributed by atoms with Crippen LogP contribution in [0.1, 0.15) is 47.7 Å². The first kappa shape index (κ1) is 14.5. The van der Waals surface area contributed by atoms with Crippen LogP contribution in [0.2, 0.25) is 0 Å². The van der Waals surface area contributed by atoms with E-state index in [9.17, 15) is 4.79 Å². The van der Waals surface area contributed by atoms with Crippen molar-refractivity contribution in [3.8, 4) is 0 Å². The summed E-state index contributed by atoms with van der Waals surface area (Å²) in [7, 11) is 0. The fourth-order valence-corrected chi connectivity index (χ4v) is 2.34. The van der Waals surface area contributed by atoms with Crippen molar-refractivity contribution in [2.75, 3.05) is 5.32 Å². The first-order valence-electron chi connectivity index (χ1n) is 6.23. The average Bonchev–Trinajstić information content (AvgIpc) is 2.76. The number of rotatable bonds is 2. The van der Waals surface area contributed by atoms with Gasteiger partial charge in [-0.25, -0.2) is 9.97 Å². The maximum atomic E-state index is 12.2. The second-order valence-electron chi connectivity index (χ2n) is 5.53. The zero-order valence-electron chi connectivity index (χ0n) is 12.2. The molecule has 0 saturated heterocycles. The van der Waals surface area contributed by atoms with Gasteiger partial charge >= 0.3 is 0 Å². The predicted octanol–water partition coefficient (Wildman–Crippen LogP) is 2.49. The molecule has 0 unspecified atom stereocenters. The van der Waals surface area contributed by atoms with Gasteiger partial charge in [0.1, 0.15) is 10.8 Å². The van der Waals surface area contributed by atoms with Gasteiger partial charge in [-0.15, -0.1) is 10.2 Å². The Kier molecular flexibility index (Phi) is 3.80. The van der Waals surface area contributed by atoms with Crippen LogP contribution < -0.4 is 5.32 Å². The SMILES string of the molecule is Cc1ncc(C(=O)Nc2nnc(C(C)(C)C)s2)c(C)n1. The number of hydrogen-bond donors (Lipinski definition) is 1. The molecule has 0 aromatic carbocycles. The van der Waals surface area contributed by atoms with Gasteiger partial charge in [-0.2, -0.15) is 0 Å². The summed E-state index contributed by atoms with van der Waals surface area (Å²) in [5, 5.41) is 12.2. The van der Waals surface area contributed by atoms with E-state index in [1.807, 2.05) is 0 Å². The zero-order valence-corrected chi connectivity index (χ0v) is 13.0. The highest BCUT2D eigenvalue weighted by molar-refractivity contribution is 7.15. The van der Waals surface area contributed by atoms with E-state index in [-0.39, 0.29) is 11.3 Å². The molecule has 0 atom stereocenters. The van der Waals surface area contributed by atoms with Crippen molar-refractivity contribution in [1.82, 2.24) is 20.2 Å². The van der Waals surface area contributed by atoms with Gasteiger partial charge in [-0.05, 0) is 13.8 Å². The van der Waals surface area contributed by atoms with E-state index in [0.29, 0.717) is 22.2 Å². The van der Waals surface area contributed by atoms with Crippen molar-refractivity contribution in [3.63, 3.8) is 0 Å². The lowest BCUT2D eigenvalue weighted by molar-refractivity contribution is 0.102. The molecular weight excluding hydrogens is 274 g/mol. The van der Waals surface area contributed by atoms with Crippen LogP contribution in [0, 0.1) is 13.8 Å². The van der Waals surface area contributed by atoms with Gasteiger partial charge in [0.15, 0.2) is 0 Å². The van der Waals surface area contributed by atoms with Gasteiger partial charge in [0, 0.05) is 11.6 Å². The second kappa shape index (κ2) is 5.24. The maximum Gasteiger partial charge on any atom is 0.260 e. The van der Waals surface area contributed by atoms with E-state index in [0.717, 1.165) is 5.01 Å². The van der Waals surface area contributed by atoms with Crippen LogP contribution in [0.25, 0.3) is 0 Å². The summed E-state index contributed by atoms with van der Waals surface area (Å²) in [4.78, 5) is 20.4. The van der Waals surface area contributed by atoms with Gasteiger partial charge < -0.3 is 0 Å². The molecule has 0 spiro atoms. The summed E-state index contributed by atoms with van der Waals surface area (Å²) in [6.45, 7) is 9.73. The number of aromatic nitrogens is 4. The lowest BCUT2D eigenvalue weighted by atomic mass is 9.98. The van der Waals surface area contributed by atoms with Crippen molar-refractivity contribution in [3.05, 3.63) is 28.3 Å². The topological polar surface area (TPSA) is 80.7 Å². The molecule has 6 nitrogen and oxygen atoms in total. The molecule has 106 valence electrons. The monoisotopic (exact) mass is 291 g/mol. The van der Waals surface area contributed by atoms with E-state index < -0.39 is 0 Å². The fourth-order valence-electron chi connectivity index (χ4n) is 1.55. The molecule has 2 aromatic heterocycles. The Bertz CT molecular complexity index is 644. The third-order valence-electron chi connectivity index (χ3n) is 2.63. The fraction of sp³-hybridized carbons (Fsp3) is 0.462. The van der Waals surface area contributed by atoms with Gasteiger partial charge in [0.25, 0.3) is 5.91 Å². The summed E-state index contributed by atoms with van der Waals surface area (Å²) in [6, 6.07) is 0. The third-order valence-corrected chi connectivity index (χ3v) is 3.90. The number of nitrogens with one attached hydrogen (secondary N) is 1.